The molecule has 0 bridgehead atoms. The highest BCUT2D eigenvalue weighted by atomic mass is 35.5. The Hall–Kier alpha value is -2.44. The van der Waals surface area contributed by atoms with E-state index in [2.05, 4.69) is 10.3 Å². The molecule has 0 saturated carbocycles. The van der Waals surface area contributed by atoms with Gasteiger partial charge in [0.05, 0.1) is 15.2 Å². The summed E-state index contributed by atoms with van der Waals surface area (Å²) >= 11 is 7.56. The number of ether oxygens (including phenoxy) is 1. The third-order valence-electron chi connectivity index (χ3n) is 4.10. The van der Waals surface area contributed by atoms with Crippen LogP contribution in [0.3, 0.4) is 0 Å². The minimum absolute atomic E-state index is 0.254. The summed E-state index contributed by atoms with van der Waals surface area (Å²) in [7, 11) is 0. The molecule has 28 heavy (non-hydrogen) atoms. The van der Waals surface area contributed by atoms with E-state index >= 15 is 0 Å². The first-order valence-electron chi connectivity index (χ1n) is 9.11. The van der Waals surface area contributed by atoms with Crippen molar-refractivity contribution in [2.75, 3.05) is 13.2 Å². The van der Waals surface area contributed by atoms with E-state index in [0.717, 1.165) is 27.2 Å². The molecule has 5 nitrogen and oxygen atoms in total. The summed E-state index contributed by atoms with van der Waals surface area (Å²) in [5.41, 5.74) is 2.03. The van der Waals surface area contributed by atoms with E-state index in [9.17, 15) is 9.59 Å². The zero-order valence-corrected chi connectivity index (χ0v) is 16.9. The first-order chi connectivity index (χ1) is 13.6. The molecule has 1 heterocycles. The maximum atomic E-state index is 11.8. The predicted molar refractivity (Wildman–Crippen MR) is 112 cm³/mol. The van der Waals surface area contributed by atoms with Crippen LogP contribution in [0.5, 0.6) is 0 Å². The van der Waals surface area contributed by atoms with Gasteiger partial charge in [-0.25, -0.2) is 4.98 Å². The highest BCUT2D eigenvalue weighted by Gasteiger charge is 2.09. The van der Waals surface area contributed by atoms with E-state index in [1.165, 1.54) is 0 Å². The summed E-state index contributed by atoms with van der Waals surface area (Å²) in [5.74, 6) is -0.673. The van der Waals surface area contributed by atoms with Gasteiger partial charge in [-0.15, -0.1) is 11.3 Å². The number of para-hydroxylation sites is 1. The smallest absolute Gasteiger partial charge is 0.306 e. The van der Waals surface area contributed by atoms with Crippen LogP contribution >= 0.6 is 22.9 Å². The van der Waals surface area contributed by atoms with Gasteiger partial charge in [-0.05, 0) is 49.1 Å². The number of amides is 1. The van der Waals surface area contributed by atoms with Crippen LogP contribution in [0.15, 0.2) is 48.5 Å². The molecule has 146 valence electrons. The molecule has 0 unspecified atom stereocenters. The molecule has 0 saturated heterocycles. The van der Waals surface area contributed by atoms with E-state index in [0.29, 0.717) is 24.4 Å². The van der Waals surface area contributed by atoms with E-state index in [-0.39, 0.29) is 24.9 Å². The van der Waals surface area contributed by atoms with Gasteiger partial charge in [0.1, 0.15) is 0 Å². The molecule has 0 aliphatic carbocycles. The molecule has 0 spiro atoms. The number of aromatic nitrogens is 1. The standard InChI is InChI=1S/C21H21ClN2O3S/c22-16-6-3-5-15(13-16)11-12-23-19(25)14-27-21(26)10-4-9-20-24-17-7-1-2-8-18(17)28-20/h1-3,5-8,13H,4,9-12,14H2,(H,23,25). The van der Waals surface area contributed by atoms with Crippen molar-refractivity contribution in [1.82, 2.24) is 10.3 Å². The van der Waals surface area contributed by atoms with Gasteiger partial charge in [0, 0.05) is 18.0 Å². The predicted octanol–water partition coefficient (Wildman–Crippen LogP) is 4.17. The first kappa shape index (κ1) is 20.3. The van der Waals surface area contributed by atoms with Gasteiger partial charge in [-0.2, -0.15) is 0 Å². The Morgan fingerprint density at radius 3 is 2.79 bits per heavy atom. The Morgan fingerprint density at radius 1 is 1.11 bits per heavy atom. The molecule has 1 amide bonds. The van der Waals surface area contributed by atoms with Crippen molar-refractivity contribution < 1.29 is 14.3 Å². The number of nitrogens with one attached hydrogen (secondary N) is 1. The van der Waals surface area contributed by atoms with Crippen molar-refractivity contribution in [3.8, 4) is 0 Å². The average Bonchev–Trinajstić information content (AvgIpc) is 3.09. The second-order valence-corrected chi connectivity index (χ2v) is 7.87. The van der Waals surface area contributed by atoms with Gasteiger partial charge in [0.15, 0.2) is 6.61 Å². The Kier molecular flexibility index (Phi) is 7.39. The van der Waals surface area contributed by atoms with Crippen molar-refractivity contribution >= 4 is 45.0 Å². The molecule has 1 aromatic heterocycles. The highest BCUT2D eigenvalue weighted by molar-refractivity contribution is 7.18. The van der Waals surface area contributed by atoms with Gasteiger partial charge in [-0.3, -0.25) is 9.59 Å². The van der Waals surface area contributed by atoms with E-state index in [4.69, 9.17) is 16.3 Å². The molecule has 7 heteroatoms. The molecular formula is C21H21ClN2O3S. The van der Waals surface area contributed by atoms with Crippen LogP contribution in [-0.2, 0) is 27.2 Å². The van der Waals surface area contributed by atoms with Crippen LogP contribution < -0.4 is 5.32 Å². The normalized spacial score (nSPS) is 10.8. The summed E-state index contributed by atoms with van der Waals surface area (Å²) in [5, 5.41) is 4.41. The Balaban J connectivity index is 1.29. The van der Waals surface area contributed by atoms with E-state index in [1.807, 2.05) is 42.5 Å². The number of thiazole rings is 1. The number of nitrogens with zero attached hydrogens (tertiary/aromatic N) is 1. The molecule has 0 aliphatic rings. The average molecular weight is 417 g/mol. The van der Waals surface area contributed by atoms with E-state index in [1.54, 1.807) is 17.4 Å². The fourth-order valence-corrected chi connectivity index (χ4v) is 3.94. The summed E-state index contributed by atoms with van der Waals surface area (Å²) in [6.07, 6.45) is 2.31. The van der Waals surface area contributed by atoms with Gasteiger partial charge in [0.2, 0.25) is 0 Å². The number of benzene rings is 2. The summed E-state index contributed by atoms with van der Waals surface area (Å²) in [6, 6.07) is 15.5. The zero-order valence-electron chi connectivity index (χ0n) is 15.3. The Labute approximate surface area is 172 Å². The van der Waals surface area contributed by atoms with E-state index < -0.39 is 0 Å². The summed E-state index contributed by atoms with van der Waals surface area (Å²) in [4.78, 5) is 28.1. The minimum atomic E-state index is -0.369. The lowest BCUT2D eigenvalue weighted by Crippen LogP contribution is -2.30. The number of carbonyl (C=O) groups excluding carboxylic acids is 2. The number of halogens is 1. The molecule has 0 fully saturated rings. The van der Waals surface area contributed by atoms with Crippen molar-refractivity contribution in [3.05, 3.63) is 64.1 Å². The molecule has 1 N–H and O–H groups in total. The van der Waals surface area contributed by atoms with Crippen LogP contribution in [0, 0.1) is 0 Å². The Bertz CT molecular complexity index is 924. The molecule has 0 radical (unpaired) electrons. The van der Waals surface area contributed by atoms with Crippen molar-refractivity contribution in [3.63, 3.8) is 0 Å². The number of aryl methyl sites for hydroxylation is 1. The summed E-state index contributed by atoms with van der Waals surface area (Å²) in [6.45, 7) is 0.212. The van der Waals surface area contributed by atoms with Crippen LogP contribution in [-0.4, -0.2) is 30.0 Å². The third kappa shape index (κ3) is 6.32. The van der Waals surface area contributed by atoms with Crippen molar-refractivity contribution in [2.24, 2.45) is 0 Å². The second kappa shape index (κ2) is 10.2. The minimum Gasteiger partial charge on any atom is -0.456 e. The number of rotatable bonds is 9. The van der Waals surface area contributed by atoms with Crippen LogP contribution in [0.2, 0.25) is 5.02 Å². The maximum absolute atomic E-state index is 11.8. The lowest BCUT2D eigenvalue weighted by atomic mass is 10.1. The van der Waals surface area contributed by atoms with Crippen LogP contribution in [0.1, 0.15) is 23.4 Å². The molecule has 0 atom stereocenters. The zero-order chi connectivity index (χ0) is 19.8. The molecule has 0 aliphatic heterocycles. The Morgan fingerprint density at radius 2 is 1.96 bits per heavy atom. The fourth-order valence-electron chi connectivity index (χ4n) is 2.72. The number of esters is 1. The third-order valence-corrected chi connectivity index (χ3v) is 5.43. The quantitative estimate of drug-likeness (QED) is 0.531. The molecular weight excluding hydrogens is 396 g/mol. The lowest BCUT2D eigenvalue weighted by molar-refractivity contribution is -0.148. The van der Waals surface area contributed by atoms with Crippen LogP contribution in [0.4, 0.5) is 0 Å². The fraction of sp³-hybridized carbons (Fsp3) is 0.286. The van der Waals surface area contributed by atoms with Crippen molar-refractivity contribution in [1.29, 1.82) is 0 Å². The molecule has 3 rings (SSSR count). The second-order valence-electron chi connectivity index (χ2n) is 6.32. The largest absolute Gasteiger partial charge is 0.456 e. The number of carbonyl (C=O) groups is 2. The van der Waals surface area contributed by atoms with Crippen molar-refractivity contribution in [2.45, 2.75) is 25.7 Å². The first-order valence-corrected chi connectivity index (χ1v) is 10.3. The van der Waals surface area contributed by atoms with Crippen LogP contribution in [0.25, 0.3) is 10.2 Å². The lowest BCUT2D eigenvalue weighted by Gasteiger charge is -2.07. The molecule has 2 aromatic carbocycles. The maximum Gasteiger partial charge on any atom is 0.306 e. The summed E-state index contributed by atoms with van der Waals surface area (Å²) < 4.78 is 6.18. The van der Waals surface area contributed by atoms with Gasteiger partial charge in [-0.1, -0.05) is 35.9 Å². The topological polar surface area (TPSA) is 68.3 Å². The molecule has 3 aromatic rings. The van der Waals surface area contributed by atoms with Gasteiger partial charge < -0.3 is 10.1 Å². The number of hydrogen-bond acceptors (Lipinski definition) is 5. The van der Waals surface area contributed by atoms with Gasteiger partial charge >= 0.3 is 5.97 Å². The monoisotopic (exact) mass is 416 g/mol. The van der Waals surface area contributed by atoms with Gasteiger partial charge in [0.25, 0.3) is 5.91 Å². The SMILES string of the molecule is O=C(COC(=O)CCCc1nc2ccccc2s1)NCCc1cccc(Cl)c1. The number of fused-ring (bicyclic) bond motifs is 1. The highest BCUT2D eigenvalue weighted by Crippen LogP contribution is 2.22. The number of hydrogen-bond donors (Lipinski definition) is 1.